The van der Waals surface area contributed by atoms with E-state index in [1.807, 2.05) is 30.3 Å². The van der Waals surface area contributed by atoms with Crippen LogP contribution in [-0.4, -0.2) is 11.8 Å². The molecular formula is C19H21IN2O2. The quantitative estimate of drug-likeness (QED) is 0.471. The Morgan fingerprint density at radius 2 is 1.67 bits per heavy atom. The van der Waals surface area contributed by atoms with Gasteiger partial charge in [0, 0.05) is 21.4 Å². The lowest BCUT2D eigenvalue weighted by Gasteiger charge is -2.09. The number of hydrogen-bond donors (Lipinski definition) is 2. The van der Waals surface area contributed by atoms with Crippen LogP contribution in [0.2, 0.25) is 0 Å². The predicted molar refractivity (Wildman–Crippen MR) is 106 cm³/mol. The number of hydrogen-bond acceptors (Lipinski definition) is 2. The SMILES string of the molecule is CCCCCC(=O)Nc1cccc(NC(=O)c2ccccc2I)c1. The average molecular weight is 436 g/mol. The van der Waals surface area contributed by atoms with Crippen molar-refractivity contribution in [1.82, 2.24) is 0 Å². The molecule has 0 radical (unpaired) electrons. The van der Waals surface area contributed by atoms with Gasteiger partial charge in [0.1, 0.15) is 0 Å². The Hall–Kier alpha value is -1.89. The Balaban J connectivity index is 1.99. The molecule has 5 heteroatoms. The van der Waals surface area contributed by atoms with Crippen LogP contribution >= 0.6 is 22.6 Å². The fraction of sp³-hybridized carbons (Fsp3) is 0.263. The van der Waals surface area contributed by atoms with E-state index in [4.69, 9.17) is 0 Å². The van der Waals surface area contributed by atoms with Crippen molar-refractivity contribution in [1.29, 1.82) is 0 Å². The predicted octanol–water partition coefficient (Wildman–Crippen LogP) is 5.06. The smallest absolute Gasteiger partial charge is 0.256 e. The molecule has 2 rings (SSSR count). The zero-order valence-electron chi connectivity index (χ0n) is 13.6. The lowest BCUT2D eigenvalue weighted by atomic mass is 10.2. The number of benzene rings is 2. The van der Waals surface area contributed by atoms with E-state index >= 15 is 0 Å². The molecule has 0 spiro atoms. The minimum Gasteiger partial charge on any atom is -0.326 e. The van der Waals surface area contributed by atoms with Crippen LogP contribution in [-0.2, 0) is 4.79 Å². The summed E-state index contributed by atoms with van der Waals surface area (Å²) in [5.41, 5.74) is 1.98. The maximum Gasteiger partial charge on any atom is 0.256 e. The van der Waals surface area contributed by atoms with Crippen LogP contribution in [0.5, 0.6) is 0 Å². The molecule has 0 fully saturated rings. The molecule has 2 aromatic rings. The van der Waals surface area contributed by atoms with Gasteiger partial charge in [-0.05, 0) is 59.3 Å². The van der Waals surface area contributed by atoms with Crippen molar-refractivity contribution < 1.29 is 9.59 Å². The number of anilines is 2. The third-order valence-electron chi connectivity index (χ3n) is 3.53. The van der Waals surface area contributed by atoms with E-state index in [0.717, 1.165) is 22.8 Å². The van der Waals surface area contributed by atoms with Crippen LogP contribution < -0.4 is 10.6 Å². The number of carbonyl (C=O) groups excluding carboxylic acids is 2. The third-order valence-corrected chi connectivity index (χ3v) is 4.47. The Kier molecular flexibility index (Phi) is 7.24. The number of nitrogens with one attached hydrogen (secondary N) is 2. The molecule has 2 amide bonds. The first-order chi connectivity index (χ1) is 11.6. The van der Waals surface area contributed by atoms with Crippen LogP contribution in [0, 0.1) is 3.57 Å². The number of amides is 2. The van der Waals surface area contributed by atoms with Gasteiger partial charge in [0.25, 0.3) is 5.91 Å². The molecule has 2 aromatic carbocycles. The highest BCUT2D eigenvalue weighted by Gasteiger charge is 2.10. The summed E-state index contributed by atoms with van der Waals surface area (Å²) in [5.74, 6) is -0.157. The van der Waals surface area contributed by atoms with Crippen molar-refractivity contribution in [2.45, 2.75) is 32.6 Å². The number of halogens is 1. The van der Waals surface area contributed by atoms with Crippen molar-refractivity contribution in [3.63, 3.8) is 0 Å². The minimum absolute atomic E-state index is 0.00420. The summed E-state index contributed by atoms with van der Waals surface area (Å²) in [5, 5.41) is 5.74. The van der Waals surface area contributed by atoms with E-state index < -0.39 is 0 Å². The summed E-state index contributed by atoms with van der Waals surface area (Å²) in [7, 11) is 0. The lowest BCUT2D eigenvalue weighted by Crippen LogP contribution is -2.14. The second-order valence-corrected chi connectivity index (χ2v) is 6.68. The number of rotatable bonds is 7. The zero-order chi connectivity index (χ0) is 17.4. The molecule has 0 unspecified atom stereocenters. The highest BCUT2D eigenvalue weighted by Crippen LogP contribution is 2.18. The van der Waals surface area contributed by atoms with Gasteiger partial charge in [-0.3, -0.25) is 9.59 Å². The largest absolute Gasteiger partial charge is 0.326 e. The van der Waals surface area contributed by atoms with Crippen LogP contribution in [0.25, 0.3) is 0 Å². The highest BCUT2D eigenvalue weighted by molar-refractivity contribution is 14.1. The van der Waals surface area contributed by atoms with E-state index in [-0.39, 0.29) is 11.8 Å². The standard InChI is InChI=1S/C19H21IN2O2/c1-2-3-4-12-18(23)21-14-8-7-9-15(13-14)22-19(24)16-10-5-6-11-17(16)20/h5-11,13H,2-4,12H2,1H3,(H,21,23)(H,22,24). The first kappa shape index (κ1) is 18.4. The van der Waals surface area contributed by atoms with Crippen LogP contribution in [0.3, 0.4) is 0 Å². The molecule has 0 aliphatic rings. The molecule has 2 N–H and O–H groups in total. The van der Waals surface area contributed by atoms with Gasteiger partial charge in [-0.25, -0.2) is 0 Å². The normalized spacial score (nSPS) is 10.2. The van der Waals surface area contributed by atoms with E-state index in [1.165, 1.54) is 0 Å². The molecule has 0 atom stereocenters. The van der Waals surface area contributed by atoms with Gasteiger partial charge in [0.2, 0.25) is 5.91 Å². The van der Waals surface area contributed by atoms with Crippen molar-refractivity contribution in [3.05, 3.63) is 57.7 Å². The topological polar surface area (TPSA) is 58.2 Å². The lowest BCUT2D eigenvalue weighted by molar-refractivity contribution is -0.116. The second kappa shape index (κ2) is 9.42. The highest BCUT2D eigenvalue weighted by atomic mass is 127. The second-order valence-electron chi connectivity index (χ2n) is 5.52. The van der Waals surface area contributed by atoms with Crippen LogP contribution in [0.4, 0.5) is 11.4 Å². The Bertz CT molecular complexity index is 716. The summed E-state index contributed by atoms with van der Waals surface area (Å²) < 4.78 is 0.896. The van der Waals surface area contributed by atoms with Gasteiger partial charge < -0.3 is 10.6 Å². The number of unbranched alkanes of at least 4 members (excludes halogenated alkanes) is 2. The maximum absolute atomic E-state index is 12.3. The molecule has 0 saturated heterocycles. The van der Waals surface area contributed by atoms with Gasteiger partial charge in [-0.2, -0.15) is 0 Å². The summed E-state index contributed by atoms with van der Waals surface area (Å²) >= 11 is 2.14. The van der Waals surface area contributed by atoms with Crippen molar-refractivity contribution in [2.75, 3.05) is 10.6 Å². The average Bonchev–Trinajstić information content (AvgIpc) is 2.55. The fourth-order valence-corrected chi connectivity index (χ4v) is 2.91. The Labute approximate surface area is 156 Å². The van der Waals surface area contributed by atoms with E-state index in [9.17, 15) is 9.59 Å². The minimum atomic E-state index is -0.161. The van der Waals surface area contributed by atoms with Gasteiger partial charge in [0.05, 0.1) is 5.56 Å². The van der Waals surface area contributed by atoms with Gasteiger partial charge >= 0.3 is 0 Å². The third kappa shape index (κ3) is 5.63. The first-order valence-electron chi connectivity index (χ1n) is 8.06. The molecular weight excluding hydrogens is 415 g/mol. The summed E-state index contributed by atoms with van der Waals surface area (Å²) in [6.07, 6.45) is 3.56. The summed E-state index contributed by atoms with van der Waals surface area (Å²) in [4.78, 5) is 24.2. The number of carbonyl (C=O) groups is 2. The monoisotopic (exact) mass is 436 g/mol. The summed E-state index contributed by atoms with van der Waals surface area (Å²) in [6, 6.07) is 14.6. The Morgan fingerprint density at radius 1 is 0.958 bits per heavy atom. The van der Waals surface area contributed by atoms with Gasteiger partial charge in [0.15, 0.2) is 0 Å². The van der Waals surface area contributed by atoms with Crippen molar-refractivity contribution in [2.24, 2.45) is 0 Å². The molecule has 0 saturated carbocycles. The molecule has 0 bridgehead atoms. The molecule has 0 aliphatic heterocycles. The van der Waals surface area contributed by atoms with Crippen LogP contribution in [0.15, 0.2) is 48.5 Å². The van der Waals surface area contributed by atoms with Gasteiger partial charge in [-0.1, -0.05) is 38.0 Å². The van der Waals surface area contributed by atoms with Crippen molar-refractivity contribution in [3.8, 4) is 0 Å². The molecule has 24 heavy (non-hydrogen) atoms. The molecule has 0 aromatic heterocycles. The fourth-order valence-electron chi connectivity index (χ4n) is 2.28. The van der Waals surface area contributed by atoms with Crippen LogP contribution in [0.1, 0.15) is 43.0 Å². The maximum atomic E-state index is 12.3. The van der Waals surface area contributed by atoms with Crippen molar-refractivity contribution >= 4 is 45.8 Å². The van der Waals surface area contributed by atoms with E-state index in [2.05, 4.69) is 40.1 Å². The zero-order valence-corrected chi connectivity index (χ0v) is 15.8. The first-order valence-corrected chi connectivity index (χ1v) is 9.14. The van der Waals surface area contributed by atoms with E-state index in [1.54, 1.807) is 18.2 Å². The molecule has 0 aliphatic carbocycles. The van der Waals surface area contributed by atoms with Gasteiger partial charge in [-0.15, -0.1) is 0 Å². The molecule has 126 valence electrons. The summed E-state index contributed by atoms with van der Waals surface area (Å²) in [6.45, 7) is 2.11. The van der Waals surface area contributed by atoms with E-state index in [0.29, 0.717) is 23.4 Å². The molecule has 0 heterocycles. The molecule has 4 nitrogen and oxygen atoms in total. The Morgan fingerprint density at radius 3 is 2.38 bits per heavy atom.